The number of carbonyl (C=O) groups is 2. The summed E-state index contributed by atoms with van der Waals surface area (Å²) < 4.78 is 0. The maximum Gasteiger partial charge on any atom is 0.246 e. The van der Waals surface area contributed by atoms with E-state index in [9.17, 15) is 9.59 Å². The normalized spacial score (nSPS) is 37.8. The van der Waals surface area contributed by atoms with Crippen LogP contribution in [-0.2, 0) is 9.59 Å². The first-order valence-corrected chi connectivity index (χ1v) is 8.17. The summed E-state index contributed by atoms with van der Waals surface area (Å²) in [6, 6.07) is -0.0767. The van der Waals surface area contributed by atoms with Gasteiger partial charge in [0.15, 0.2) is 0 Å². The monoisotopic (exact) mass is 293 g/mol. The number of nitrogens with zero attached hydrogens (tertiary/aromatic N) is 2. The molecule has 1 N–H and O–H groups in total. The molecule has 2 amide bonds. The second-order valence-corrected chi connectivity index (χ2v) is 7.83. The number of amides is 2. The molecule has 0 radical (unpaired) electrons. The highest BCUT2D eigenvalue weighted by Gasteiger charge is 2.50. The van der Waals surface area contributed by atoms with Crippen molar-refractivity contribution in [2.45, 2.75) is 71.1 Å². The molecular weight excluding hydrogens is 266 g/mol. The van der Waals surface area contributed by atoms with E-state index in [1.54, 1.807) is 0 Å². The van der Waals surface area contributed by atoms with Gasteiger partial charge in [0, 0.05) is 18.6 Å². The molecule has 3 heterocycles. The second-order valence-electron chi connectivity index (χ2n) is 7.83. The molecule has 0 aromatic heterocycles. The van der Waals surface area contributed by atoms with Gasteiger partial charge in [0.05, 0.1) is 0 Å². The van der Waals surface area contributed by atoms with Crippen molar-refractivity contribution >= 4 is 11.8 Å². The topological polar surface area (TPSA) is 52.7 Å². The van der Waals surface area contributed by atoms with Crippen LogP contribution in [0.15, 0.2) is 0 Å². The zero-order valence-electron chi connectivity index (χ0n) is 13.6. The molecule has 4 unspecified atom stereocenters. The third-order valence-corrected chi connectivity index (χ3v) is 5.38. The Bertz CT molecular complexity index is 457. The minimum Gasteiger partial charge on any atom is -0.342 e. The van der Waals surface area contributed by atoms with E-state index in [4.69, 9.17) is 0 Å². The third-order valence-electron chi connectivity index (χ3n) is 5.38. The van der Waals surface area contributed by atoms with Gasteiger partial charge >= 0.3 is 0 Å². The van der Waals surface area contributed by atoms with Crippen LogP contribution >= 0.6 is 0 Å². The number of hydrogen-bond acceptors (Lipinski definition) is 3. The first kappa shape index (κ1) is 14.8. The Morgan fingerprint density at radius 2 is 1.81 bits per heavy atom. The summed E-state index contributed by atoms with van der Waals surface area (Å²) in [5, 5.41) is 2.93. The standard InChI is InChI=1S/C16H27N3O2/c1-10-14(20)17-13(16(2,3)4)15(21)19(10)12-7-9-18-8-5-6-11(12)18/h10-13H,5-9H2,1-4H3,(H,17,20). The second kappa shape index (κ2) is 4.97. The predicted molar refractivity (Wildman–Crippen MR) is 80.7 cm³/mol. The molecule has 3 fully saturated rings. The van der Waals surface area contributed by atoms with Gasteiger partial charge < -0.3 is 10.2 Å². The van der Waals surface area contributed by atoms with Crippen LogP contribution in [0.5, 0.6) is 0 Å². The van der Waals surface area contributed by atoms with E-state index >= 15 is 0 Å². The Morgan fingerprint density at radius 3 is 2.48 bits per heavy atom. The molecule has 3 saturated heterocycles. The minimum atomic E-state index is -0.406. The molecular formula is C16H27N3O2. The Morgan fingerprint density at radius 1 is 1.10 bits per heavy atom. The van der Waals surface area contributed by atoms with Crippen molar-refractivity contribution in [3.63, 3.8) is 0 Å². The summed E-state index contributed by atoms with van der Waals surface area (Å²) in [6.45, 7) is 10.1. The van der Waals surface area contributed by atoms with Gasteiger partial charge in [0.25, 0.3) is 0 Å². The van der Waals surface area contributed by atoms with Crippen LogP contribution in [0.4, 0.5) is 0 Å². The van der Waals surface area contributed by atoms with E-state index < -0.39 is 6.04 Å². The average Bonchev–Trinajstić information content (AvgIpc) is 2.97. The van der Waals surface area contributed by atoms with E-state index in [0.29, 0.717) is 6.04 Å². The number of fused-ring (bicyclic) bond motifs is 1. The lowest BCUT2D eigenvalue weighted by Gasteiger charge is -2.46. The summed E-state index contributed by atoms with van der Waals surface area (Å²) in [5.74, 6) is 0.0966. The van der Waals surface area contributed by atoms with Crippen LogP contribution in [0.3, 0.4) is 0 Å². The largest absolute Gasteiger partial charge is 0.342 e. The van der Waals surface area contributed by atoms with E-state index in [-0.39, 0.29) is 29.3 Å². The lowest BCUT2D eigenvalue weighted by atomic mass is 9.83. The van der Waals surface area contributed by atoms with Crippen molar-refractivity contribution in [3.8, 4) is 0 Å². The van der Waals surface area contributed by atoms with Gasteiger partial charge in [0.1, 0.15) is 12.1 Å². The van der Waals surface area contributed by atoms with Crippen molar-refractivity contribution in [1.29, 1.82) is 0 Å². The van der Waals surface area contributed by atoms with Crippen molar-refractivity contribution in [2.24, 2.45) is 5.41 Å². The smallest absolute Gasteiger partial charge is 0.246 e. The van der Waals surface area contributed by atoms with Gasteiger partial charge in [-0.3, -0.25) is 14.5 Å². The Hall–Kier alpha value is -1.10. The van der Waals surface area contributed by atoms with Crippen molar-refractivity contribution in [3.05, 3.63) is 0 Å². The van der Waals surface area contributed by atoms with Crippen LogP contribution in [-0.4, -0.2) is 58.9 Å². The van der Waals surface area contributed by atoms with Crippen LogP contribution in [0.25, 0.3) is 0 Å². The number of hydrogen-bond donors (Lipinski definition) is 1. The lowest BCUT2D eigenvalue weighted by Crippen LogP contribution is -2.68. The molecule has 3 aliphatic heterocycles. The zero-order chi connectivity index (χ0) is 15.4. The van der Waals surface area contributed by atoms with Crippen molar-refractivity contribution in [1.82, 2.24) is 15.1 Å². The fourth-order valence-electron chi connectivity index (χ4n) is 4.21. The van der Waals surface area contributed by atoms with Crippen LogP contribution in [0.2, 0.25) is 0 Å². The maximum absolute atomic E-state index is 13.0. The fourth-order valence-corrected chi connectivity index (χ4v) is 4.21. The highest BCUT2D eigenvalue weighted by atomic mass is 16.2. The molecule has 0 bridgehead atoms. The third kappa shape index (κ3) is 2.35. The Balaban J connectivity index is 1.88. The quantitative estimate of drug-likeness (QED) is 0.784. The molecule has 118 valence electrons. The molecule has 5 nitrogen and oxygen atoms in total. The number of rotatable bonds is 1. The molecule has 0 aromatic carbocycles. The van der Waals surface area contributed by atoms with Gasteiger partial charge in [-0.05, 0) is 38.1 Å². The number of piperazine rings is 1. The molecule has 4 atom stereocenters. The van der Waals surface area contributed by atoms with E-state index in [1.807, 2.05) is 32.6 Å². The molecule has 0 spiro atoms. The summed E-state index contributed by atoms with van der Waals surface area (Å²) in [4.78, 5) is 29.7. The summed E-state index contributed by atoms with van der Waals surface area (Å²) >= 11 is 0. The SMILES string of the molecule is CC1C(=O)NC(C(C)(C)C)C(=O)N1C1CCN2CCCC12. The lowest BCUT2D eigenvalue weighted by molar-refractivity contribution is -0.155. The van der Waals surface area contributed by atoms with E-state index in [0.717, 1.165) is 25.9 Å². The molecule has 5 heteroatoms. The Kier molecular flexibility index (Phi) is 3.51. The molecule has 0 aliphatic carbocycles. The van der Waals surface area contributed by atoms with Gasteiger partial charge in [-0.15, -0.1) is 0 Å². The average molecular weight is 293 g/mol. The molecule has 3 rings (SSSR count). The van der Waals surface area contributed by atoms with Crippen LogP contribution < -0.4 is 5.32 Å². The molecule has 21 heavy (non-hydrogen) atoms. The first-order chi connectivity index (χ1) is 9.80. The zero-order valence-corrected chi connectivity index (χ0v) is 13.6. The van der Waals surface area contributed by atoms with Gasteiger partial charge in [-0.2, -0.15) is 0 Å². The Labute approximate surface area is 127 Å². The highest BCUT2D eigenvalue weighted by Crippen LogP contribution is 2.35. The van der Waals surface area contributed by atoms with Gasteiger partial charge in [-0.25, -0.2) is 0 Å². The molecule has 0 aromatic rings. The van der Waals surface area contributed by atoms with Gasteiger partial charge in [-0.1, -0.05) is 20.8 Å². The number of nitrogens with one attached hydrogen (secondary N) is 1. The molecule has 0 saturated carbocycles. The van der Waals surface area contributed by atoms with Crippen molar-refractivity contribution in [2.75, 3.05) is 13.1 Å². The van der Waals surface area contributed by atoms with E-state index in [1.165, 1.54) is 6.42 Å². The van der Waals surface area contributed by atoms with Crippen molar-refractivity contribution < 1.29 is 9.59 Å². The highest BCUT2D eigenvalue weighted by molar-refractivity contribution is 5.97. The van der Waals surface area contributed by atoms with Crippen LogP contribution in [0.1, 0.15) is 47.0 Å². The predicted octanol–water partition coefficient (Wildman–Crippen LogP) is 0.985. The maximum atomic E-state index is 13.0. The van der Waals surface area contributed by atoms with Crippen LogP contribution in [0, 0.1) is 5.41 Å². The first-order valence-electron chi connectivity index (χ1n) is 8.17. The summed E-state index contributed by atoms with van der Waals surface area (Å²) in [7, 11) is 0. The summed E-state index contributed by atoms with van der Waals surface area (Å²) in [6.07, 6.45) is 3.38. The van der Waals surface area contributed by atoms with Gasteiger partial charge in [0.2, 0.25) is 11.8 Å². The number of carbonyl (C=O) groups excluding carboxylic acids is 2. The minimum absolute atomic E-state index is 0.00836. The van der Waals surface area contributed by atoms with E-state index in [2.05, 4.69) is 10.2 Å². The molecule has 3 aliphatic rings. The summed E-state index contributed by atoms with van der Waals surface area (Å²) in [5.41, 5.74) is -0.251. The fraction of sp³-hybridized carbons (Fsp3) is 0.875.